The number of primary sulfonamides is 1. The van der Waals surface area contributed by atoms with Crippen LogP contribution in [0.4, 0.5) is 5.69 Å². The Morgan fingerprint density at radius 2 is 1.95 bits per heavy atom. The number of hydrogen-bond donors (Lipinski definition) is 2. The maximum atomic E-state index is 11.2. The molecule has 0 spiro atoms. The molecule has 7 heteroatoms. The van der Waals surface area contributed by atoms with Crippen molar-refractivity contribution in [1.29, 1.82) is 0 Å². The predicted molar refractivity (Wildman–Crippen MR) is 73.4 cm³/mol. The normalized spacial score (nSPS) is 11.5. The van der Waals surface area contributed by atoms with Crippen LogP contribution in [-0.4, -0.2) is 28.2 Å². The Morgan fingerprint density at radius 1 is 1.21 bits per heavy atom. The third-order valence-electron chi connectivity index (χ3n) is 2.43. The summed E-state index contributed by atoms with van der Waals surface area (Å²) < 4.78 is 33.1. The Morgan fingerprint density at radius 3 is 2.53 bits per heavy atom. The van der Waals surface area contributed by atoms with E-state index in [2.05, 4.69) is 6.92 Å². The van der Waals surface area contributed by atoms with Crippen LogP contribution in [0, 0.1) is 0 Å². The van der Waals surface area contributed by atoms with Gasteiger partial charge in [-0.1, -0.05) is 13.3 Å². The Hall–Kier alpha value is -1.31. The molecule has 0 amide bonds. The van der Waals surface area contributed by atoms with Crippen LogP contribution >= 0.6 is 0 Å². The van der Waals surface area contributed by atoms with Gasteiger partial charge in [-0.25, -0.2) is 13.6 Å². The molecule has 0 aliphatic rings. The number of anilines is 1. The zero-order chi connectivity index (χ0) is 14.3. The zero-order valence-electron chi connectivity index (χ0n) is 11.0. The standard InChI is InChI=1S/C12H20N2O4S/c1-2-3-6-17-7-8-18-10-4-5-12(11(13)9-10)19(14,15)16/h4-5,9H,2-3,6-8,13H2,1H3,(H2,14,15,16). The highest BCUT2D eigenvalue weighted by Crippen LogP contribution is 2.22. The van der Waals surface area contributed by atoms with Gasteiger partial charge in [0.25, 0.3) is 0 Å². The van der Waals surface area contributed by atoms with E-state index in [1.165, 1.54) is 18.2 Å². The topological polar surface area (TPSA) is 105 Å². The highest BCUT2D eigenvalue weighted by atomic mass is 32.2. The Kier molecular flexibility index (Phi) is 6.07. The number of nitrogens with two attached hydrogens (primary N) is 2. The summed E-state index contributed by atoms with van der Waals surface area (Å²) in [5.74, 6) is 0.490. The maximum Gasteiger partial charge on any atom is 0.240 e. The second-order valence-corrected chi connectivity index (χ2v) is 5.59. The fraction of sp³-hybridized carbons (Fsp3) is 0.500. The second-order valence-electron chi connectivity index (χ2n) is 4.06. The lowest BCUT2D eigenvalue weighted by atomic mass is 10.3. The van der Waals surface area contributed by atoms with E-state index in [4.69, 9.17) is 20.3 Å². The van der Waals surface area contributed by atoms with Crippen LogP contribution < -0.4 is 15.6 Å². The van der Waals surface area contributed by atoms with Gasteiger partial charge in [-0.05, 0) is 18.6 Å². The number of sulfonamides is 1. The average Bonchev–Trinajstić information content (AvgIpc) is 2.32. The van der Waals surface area contributed by atoms with Gasteiger partial charge in [0.05, 0.1) is 12.3 Å². The predicted octanol–water partition coefficient (Wildman–Crippen LogP) is 1.11. The highest BCUT2D eigenvalue weighted by Gasteiger charge is 2.12. The molecule has 1 aromatic carbocycles. The molecule has 108 valence electrons. The van der Waals surface area contributed by atoms with Crippen molar-refractivity contribution in [3.8, 4) is 5.75 Å². The first-order chi connectivity index (χ1) is 8.95. The lowest BCUT2D eigenvalue weighted by Gasteiger charge is -2.09. The smallest absolute Gasteiger partial charge is 0.240 e. The molecule has 0 fully saturated rings. The van der Waals surface area contributed by atoms with E-state index in [-0.39, 0.29) is 10.6 Å². The third-order valence-corrected chi connectivity index (χ3v) is 3.41. The number of rotatable bonds is 8. The molecule has 0 heterocycles. The summed E-state index contributed by atoms with van der Waals surface area (Å²) in [6.45, 7) is 3.68. The molecule has 1 rings (SSSR count). The molecule has 0 aliphatic heterocycles. The summed E-state index contributed by atoms with van der Waals surface area (Å²) in [6, 6.07) is 4.28. The molecule has 6 nitrogen and oxygen atoms in total. The van der Waals surface area contributed by atoms with Gasteiger partial charge in [0.1, 0.15) is 17.3 Å². The molecule has 0 bridgehead atoms. The quantitative estimate of drug-likeness (QED) is 0.551. The first-order valence-electron chi connectivity index (χ1n) is 6.08. The lowest BCUT2D eigenvalue weighted by Crippen LogP contribution is -2.14. The van der Waals surface area contributed by atoms with Crippen LogP contribution in [0.25, 0.3) is 0 Å². The first-order valence-corrected chi connectivity index (χ1v) is 7.62. The van der Waals surface area contributed by atoms with Crippen molar-refractivity contribution in [2.24, 2.45) is 5.14 Å². The highest BCUT2D eigenvalue weighted by molar-refractivity contribution is 7.89. The minimum absolute atomic E-state index is 0.0758. The van der Waals surface area contributed by atoms with Gasteiger partial charge in [0.15, 0.2) is 0 Å². The van der Waals surface area contributed by atoms with Crippen molar-refractivity contribution in [1.82, 2.24) is 0 Å². The number of hydrogen-bond acceptors (Lipinski definition) is 5. The van der Waals surface area contributed by atoms with Gasteiger partial charge in [0.2, 0.25) is 10.0 Å². The summed E-state index contributed by atoms with van der Waals surface area (Å²) >= 11 is 0. The number of benzene rings is 1. The van der Waals surface area contributed by atoms with E-state index in [9.17, 15) is 8.42 Å². The summed E-state index contributed by atoms with van der Waals surface area (Å²) in [5, 5.41) is 5.01. The third kappa shape index (κ3) is 5.46. The van der Waals surface area contributed by atoms with Crippen LogP contribution in [-0.2, 0) is 14.8 Å². The van der Waals surface area contributed by atoms with Crippen molar-refractivity contribution >= 4 is 15.7 Å². The molecular weight excluding hydrogens is 268 g/mol. The van der Waals surface area contributed by atoms with Crippen LogP contribution in [0.2, 0.25) is 0 Å². The molecule has 0 saturated heterocycles. The minimum Gasteiger partial charge on any atom is -0.491 e. The average molecular weight is 288 g/mol. The molecule has 0 saturated carbocycles. The SMILES string of the molecule is CCCCOCCOc1ccc(S(N)(=O)=O)c(N)c1. The van der Waals surface area contributed by atoms with Crippen LogP contribution in [0.5, 0.6) is 5.75 Å². The maximum absolute atomic E-state index is 11.2. The van der Waals surface area contributed by atoms with Crippen LogP contribution in [0.3, 0.4) is 0 Å². The van der Waals surface area contributed by atoms with E-state index in [0.717, 1.165) is 12.8 Å². The van der Waals surface area contributed by atoms with Gasteiger partial charge < -0.3 is 15.2 Å². The summed E-state index contributed by atoms with van der Waals surface area (Å²) in [4.78, 5) is -0.0981. The fourth-order valence-electron chi connectivity index (χ4n) is 1.44. The fourth-order valence-corrected chi connectivity index (χ4v) is 2.09. The first kappa shape index (κ1) is 15.7. The largest absolute Gasteiger partial charge is 0.491 e. The van der Waals surface area contributed by atoms with Gasteiger partial charge >= 0.3 is 0 Å². The van der Waals surface area contributed by atoms with Gasteiger partial charge in [-0.3, -0.25) is 0 Å². The monoisotopic (exact) mass is 288 g/mol. The zero-order valence-corrected chi connectivity index (χ0v) is 11.8. The molecule has 0 unspecified atom stereocenters. The Labute approximate surface area is 113 Å². The van der Waals surface area contributed by atoms with Crippen LogP contribution in [0.15, 0.2) is 23.1 Å². The van der Waals surface area contributed by atoms with E-state index in [1.54, 1.807) is 0 Å². The minimum atomic E-state index is -3.79. The molecule has 0 atom stereocenters. The van der Waals surface area contributed by atoms with Crippen LogP contribution in [0.1, 0.15) is 19.8 Å². The van der Waals surface area contributed by atoms with E-state index in [0.29, 0.717) is 25.6 Å². The summed E-state index contributed by atoms with van der Waals surface area (Å²) in [7, 11) is -3.79. The summed E-state index contributed by atoms with van der Waals surface area (Å²) in [6.07, 6.45) is 2.11. The van der Waals surface area contributed by atoms with Crippen molar-refractivity contribution in [3.05, 3.63) is 18.2 Å². The van der Waals surface area contributed by atoms with Crippen molar-refractivity contribution < 1.29 is 17.9 Å². The summed E-state index contributed by atoms with van der Waals surface area (Å²) in [5.41, 5.74) is 5.68. The molecule has 0 aliphatic carbocycles. The lowest BCUT2D eigenvalue weighted by molar-refractivity contribution is 0.0980. The Balaban J connectivity index is 2.46. The Bertz CT molecular complexity index is 502. The number of unbranched alkanes of at least 4 members (excludes halogenated alkanes) is 1. The molecule has 0 radical (unpaired) electrons. The van der Waals surface area contributed by atoms with Gasteiger partial charge in [-0.15, -0.1) is 0 Å². The van der Waals surface area contributed by atoms with Crippen molar-refractivity contribution in [2.75, 3.05) is 25.6 Å². The second kappa shape index (κ2) is 7.32. The van der Waals surface area contributed by atoms with Crippen molar-refractivity contribution in [3.63, 3.8) is 0 Å². The molecule has 4 N–H and O–H groups in total. The molecular formula is C12H20N2O4S. The van der Waals surface area contributed by atoms with E-state index < -0.39 is 10.0 Å². The van der Waals surface area contributed by atoms with Gasteiger partial charge in [0, 0.05) is 12.7 Å². The van der Waals surface area contributed by atoms with Crippen molar-refractivity contribution in [2.45, 2.75) is 24.7 Å². The molecule has 0 aromatic heterocycles. The van der Waals surface area contributed by atoms with E-state index in [1.807, 2.05) is 0 Å². The van der Waals surface area contributed by atoms with E-state index >= 15 is 0 Å². The number of nitrogen functional groups attached to an aromatic ring is 1. The van der Waals surface area contributed by atoms with Gasteiger partial charge in [-0.2, -0.15) is 0 Å². The number of ether oxygens (including phenoxy) is 2. The molecule has 1 aromatic rings. The molecule has 19 heavy (non-hydrogen) atoms.